The van der Waals surface area contributed by atoms with E-state index in [2.05, 4.69) is 5.32 Å². The van der Waals surface area contributed by atoms with Gasteiger partial charge in [0, 0.05) is 38.7 Å². The van der Waals surface area contributed by atoms with Gasteiger partial charge >= 0.3 is 0 Å². The molecule has 5 nitrogen and oxygen atoms in total. The van der Waals surface area contributed by atoms with Crippen molar-refractivity contribution in [3.05, 3.63) is 58.9 Å². The third-order valence-electron chi connectivity index (χ3n) is 4.94. The molecule has 0 spiro atoms. The van der Waals surface area contributed by atoms with Crippen LogP contribution in [0.1, 0.15) is 23.2 Å². The molecule has 7 heteroatoms. The van der Waals surface area contributed by atoms with Crippen LogP contribution in [0.15, 0.2) is 42.5 Å². The zero-order chi connectivity index (χ0) is 20.3. The maximum atomic E-state index is 13.0. The standard InChI is InChI=1S/C21H23ClFN3O2/c1-25(2)19-17(22)4-3-5-18(19)24-20(27)14-10-12-26(13-11-14)21(28)15-6-8-16(23)9-7-15/h3-9,14H,10-13H2,1-2H3,(H,24,27). The van der Waals surface area contributed by atoms with Gasteiger partial charge in [0.2, 0.25) is 5.91 Å². The van der Waals surface area contributed by atoms with Gasteiger partial charge in [-0.15, -0.1) is 0 Å². The largest absolute Gasteiger partial charge is 0.375 e. The predicted molar refractivity (Wildman–Crippen MR) is 109 cm³/mol. The molecule has 1 aliphatic rings. The molecule has 1 heterocycles. The first kappa shape index (κ1) is 20.1. The van der Waals surface area contributed by atoms with Crippen molar-refractivity contribution < 1.29 is 14.0 Å². The minimum atomic E-state index is -0.370. The van der Waals surface area contributed by atoms with E-state index in [0.29, 0.717) is 42.2 Å². The van der Waals surface area contributed by atoms with Crippen LogP contribution in [-0.2, 0) is 4.79 Å². The molecule has 2 aromatic rings. The quantitative estimate of drug-likeness (QED) is 0.838. The summed E-state index contributed by atoms with van der Waals surface area (Å²) < 4.78 is 13.0. The van der Waals surface area contributed by atoms with E-state index in [-0.39, 0.29) is 23.5 Å². The molecule has 0 saturated carbocycles. The lowest BCUT2D eigenvalue weighted by atomic mass is 9.95. The minimum absolute atomic E-state index is 0.0701. The molecule has 2 aromatic carbocycles. The van der Waals surface area contributed by atoms with Crippen LogP contribution in [0.3, 0.4) is 0 Å². The first-order valence-corrected chi connectivity index (χ1v) is 9.56. The van der Waals surface area contributed by atoms with E-state index in [0.717, 1.165) is 5.69 Å². The summed E-state index contributed by atoms with van der Waals surface area (Å²) in [6.07, 6.45) is 1.16. The number of nitrogens with one attached hydrogen (secondary N) is 1. The highest BCUT2D eigenvalue weighted by molar-refractivity contribution is 6.34. The number of hydrogen-bond acceptors (Lipinski definition) is 3. The monoisotopic (exact) mass is 403 g/mol. The average Bonchev–Trinajstić information content (AvgIpc) is 2.68. The second kappa shape index (κ2) is 8.61. The van der Waals surface area contributed by atoms with Gasteiger partial charge in [-0.3, -0.25) is 9.59 Å². The van der Waals surface area contributed by atoms with Crippen LogP contribution in [0.25, 0.3) is 0 Å². The number of nitrogens with zero attached hydrogens (tertiary/aromatic N) is 2. The molecule has 1 saturated heterocycles. The second-order valence-electron chi connectivity index (χ2n) is 7.09. The van der Waals surface area contributed by atoms with Crippen molar-refractivity contribution in [3.8, 4) is 0 Å². The second-order valence-corrected chi connectivity index (χ2v) is 7.50. The van der Waals surface area contributed by atoms with Crippen molar-refractivity contribution in [1.29, 1.82) is 0 Å². The average molecular weight is 404 g/mol. The number of carbonyl (C=O) groups excluding carboxylic acids is 2. The molecule has 1 fully saturated rings. The molecule has 2 amide bonds. The van der Waals surface area contributed by atoms with Crippen molar-refractivity contribution in [1.82, 2.24) is 4.90 Å². The topological polar surface area (TPSA) is 52.7 Å². The SMILES string of the molecule is CN(C)c1c(Cl)cccc1NC(=O)C1CCN(C(=O)c2ccc(F)cc2)CC1. The molecule has 1 aliphatic heterocycles. The first-order valence-electron chi connectivity index (χ1n) is 9.18. The maximum Gasteiger partial charge on any atom is 0.253 e. The summed E-state index contributed by atoms with van der Waals surface area (Å²) in [5.41, 5.74) is 1.90. The van der Waals surface area contributed by atoms with Crippen LogP contribution >= 0.6 is 11.6 Å². The number of para-hydroxylation sites is 1. The Hall–Kier alpha value is -2.60. The number of carbonyl (C=O) groups is 2. The van der Waals surface area contributed by atoms with E-state index in [1.807, 2.05) is 25.1 Å². The molecule has 3 rings (SSSR count). The molecule has 0 aromatic heterocycles. The van der Waals surface area contributed by atoms with Crippen molar-refractivity contribution in [2.24, 2.45) is 5.92 Å². The molecule has 1 N–H and O–H groups in total. The molecule has 28 heavy (non-hydrogen) atoms. The summed E-state index contributed by atoms with van der Waals surface area (Å²) in [6, 6.07) is 10.9. The summed E-state index contributed by atoms with van der Waals surface area (Å²) in [5.74, 6) is -0.751. The van der Waals surface area contributed by atoms with Crippen LogP contribution in [0.4, 0.5) is 15.8 Å². The molecule has 0 radical (unpaired) electrons. The van der Waals surface area contributed by atoms with Crippen LogP contribution < -0.4 is 10.2 Å². The Morgan fingerprint density at radius 3 is 2.36 bits per heavy atom. The molecular weight excluding hydrogens is 381 g/mol. The smallest absolute Gasteiger partial charge is 0.253 e. The molecule has 0 bridgehead atoms. The van der Waals surface area contributed by atoms with Gasteiger partial charge in [-0.2, -0.15) is 0 Å². The van der Waals surface area contributed by atoms with E-state index in [1.54, 1.807) is 17.0 Å². The van der Waals surface area contributed by atoms with E-state index in [9.17, 15) is 14.0 Å². The van der Waals surface area contributed by atoms with E-state index in [4.69, 9.17) is 11.6 Å². The Morgan fingerprint density at radius 2 is 1.75 bits per heavy atom. The predicted octanol–water partition coefficient (Wildman–Crippen LogP) is 4.04. The minimum Gasteiger partial charge on any atom is -0.375 e. The lowest BCUT2D eigenvalue weighted by molar-refractivity contribution is -0.121. The lowest BCUT2D eigenvalue weighted by Gasteiger charge is -2.31. The number of benzene rings is 2. The van der Waals surface area contributed by atoms with Crippen molar-refractivity contribution in [2.75, 3.05) is 37.4 Å². The highest BCUT2D eigenvalue weighted by atomic mass is 35.5. The summed E-state index contributed by atoms with van der Waals surface area (Å²) in [7, 11) is 3.74. The summed E-state index contributed by atoms with van der Waals surface area (Å²) in [4.78, 5) is 28.8. The van der Waals surface area contributed by atoms with Gasteiger partial charge in [0.15, 0.2) is 0 Å². The first-order chi connectivity index (χ1) is 13.4. The molecule has 148 valence electrons. The Morgan fingerprint density at radius 1 is 1.11 bits per heavy atom. The number of likely N-dealkylation sites (tertiary alicyclic amines) is 1. The van der Waals surface area contributed by atoms with Gasteiger partial charge in [0.25, 0.3) is 5.91 Å². The highest BCUT2D eigenvalue weighted by Crippen LogP contribution is 2.33. The van der Waals surface area contributed by atoms with Gasteiger partial charge in [-0.1, -0.05) is 17.7 Å². The van der Waals surface area contributed by atoms with Crippen LogP contribution in [-0.4, -0.2) is 43.9 Å². The number of amides is 2. The highest BCUT2D eigenvalue weighted by Gasteiger charge is 2.28. The fraction of sp³-hybridized carbons (Fsp3) is 0.333. The Labute approximate surface area is 169 Å². The van der Waals surface area contributed by atoms with Gasteiger partial charge in [-0.25, -0.2) is 4.39 Å². The van der Waals surface area contributed by atoms with Crippen molar-refractivity contribution in [3.63, 3.8) is 0 Å². The fourth-order valence-corrected chi connectivity index (χ4v) is 3.77. The normalized spacial score (nSPS) is 14.6. The summed E-state index contributed by atoms with van der Waals surface area (Å²) in [6.45, 7) is 0.981. The van der Waals surface area contributed by atoms with E-state index >= 15 is 0 Å². The van der Waals surface area contributed by atoms with Crippen LogP contribution in [0.2, 0.25) is 5.02 Å². The van der Waals surface area contributed by atoms with Gasteiger partial charge in [-0.05, 0) is 49.2 Å². The van der Waals surface area contributed by atoms with Gasteiger partial charge in [0.1, 0.15) is 5.82 Å². The van der Waals surface area contributed by atoms with Crippen molar-refractivity contribution in [2.45, 2.75) is 12.8 Å². The van der Waals surface area contributed by atoms with Crippen molar-refractivity contribution >= 4 is 34.8 Å². The summed E-state index contributed by atoms with van der Waals surface area (Å²) >= 11 is 6.25. The maximum absolute atomic E-state index is 13.0. The van der Waals surface area contributed by atoms with Gasteiger partial charge < -0.3 is 15.1 Å². The summed E-state index contributed by atoms with van der Waals surface area (Å²) in [5, 5.41) is 3.55. The molecule has 0 aliphatic carbocycles. The third kappa shape index (κ3) is 4.44. The van der Waals surface area contributed by atoms with E-state index in [1.165, 1.54) is 24.3 Å². The molecular formula is C21H23ClFN3O2. The Kier molecular flexibility index (Phi) is 6.19. The fourth-order valence-electron chi connectivity index (χ4n) is 3.43. The number of rotatable bonds is 4. The number of piperidine rings is 1. The number of anilines is 2. The zero-order valence-electron chi connectivity index (χ0n) is 15.9. The Bertz CT molecular complexity index is 862. The molecule has 0 atom stereocenters. The zero-order valence-corrected chi connectivity index (χ0v) is 16.7. The third-order valence-corrected chi connectivity index (χ3v) is 5.24. The lowest BCUT2D eigenvalue weighted by Crippen LogP contribution is -2.41. The van der Waals surface area contributed by atoms with Crippen LogP contribution in [0.5, 0.6) is 0 Å². The molecule has 0 unspecified atom stereocenters. The number of halogens is 2. The van der Waals surface area contributed by atoms with Crippen LogP contribution in [0, 0.1) is 11.7 Å². The van der Waals surface area contributed by atoms with Gasteiger partial charge in [0.05, 0.1) is 16.4 Å². The number of hydrogen-bond donors (Lipinski definition) is 1. The van der Waals surface area contributed by atoms with E-state index < -0.39 is 0 Å². The Balaban J connectivity index is 1.61.